The van der Waals surface area contributed by atoms with Gasteiger partial charge in [-0.3, -0.25) is 0 Å². The molecule has 0 fully saturated rings. The molecular formula is C13H19ClN2O3S. The van der Waals surface area contributed by atoms with Crippen molar-refractivity contribution in [2.75, 3.05) is 18.1 Å². The van der Waals surface area contributed by atoms with Crippen molar-refractivity contribution in [1.29, 1.82) is 0 Å². The van der Waals surface area contributed by atoms with Gasteiger partial charge in [0.2, 0.25) is 0 Å². The molecule has 0 spiro atoms. The third-order valence-corrected chi connectivity index (χ3v) is 3.62. The highest BCUT2D eigenvalue weighted by molar-refractivity contribution is 7.89. The molecule has 1 rings (SSSR count). The zero-order chi connectivity index (χ0) is 15.2. The smallest absolute Gasteiger partial charge is 0.319 e. The summed E-state index contributed by atoms with van der Waals surface area (Å²) in [5.41, 5.74) is 0.930. The minimum absolute atomic E-state index is 0.144. The summed E-state index contributed by atoms with van der Waals surface area (Å²) in [5.74, 6) is -0.144. The van der Waals surface area contributed by atoms with E-state index in [1.54, 1.807) is 18.2 Å². The van der Waals surface area contributed by atoms with Crippen LogP contribution >= 0.6 is 11.6 Å². The van der Waals surface area contributed by atoms with Crippen molar-refractivity contribution in [3.05, 3.63) is 28.8 Å². The number of benzene rings is 1. The fourth-order valence-electron chi connectivity index (χ4n) is 1.62. The number of carbonyl (C=O) groups excluding carboxylic acids is 1. The molecule has 0 saturated carbocycles. The molecule has 0 heterocycles. The molecular weight excluding hydrogens is 300 g/mol. The first-order chi connectivity index (χ1) is 9.31. The Balaban J connectivity index is 2.82. The molecule has 0 bridgehead atoms. The number of urea groups is 1. The molecule has 0 saturated heterocycles. The van der Waals surface area contributed by atoms with Crippen LogP contribution in [0.25, 0.3) is 0 Å². The van der Waals surface area contributed by atoms with Crippen LogP contribution in [-0.2, 0) is 15.6 Å². The van der Waals surface area contributed by atoms with Crippen LogP contribution in [0.5, 0.6) is 0 Å². The molecule has 5 nitrogen and oxygen atoms in total. The first-order valence-corrected chi connectivity index (χ1v) is 8.76. The van der Waals surface area contributed by atoms with Crippen molar-refractivity contribution >= 4 is 33.2 Å². The van der Waals surface area contributed by atoms with Crippen LogP contribution < -0.4 is 10.6 Å². The highest BCUT2D eigenvalue weighted by atomic mass is 35.5. The summed E-state index contributed by atoms with van der Waals surface area (Å²) >= 11 is 5.88. The van der Waals surface area contributed by atoms with Gasteiger partial charge in [0.05, 0.1) is 5.75 Å². The van der Waals surface area contributed by atoms with Crippen molar-refractivity contribution in [1.82, 2.24) is 5.32 Å². The van der Waals surface area contributed by atoms with E-state index in [2.05, 4.69) is 10.6 Å². The molecule has 0 aliphatic carbocycles. The maximum Gasteiger partial charge on any atom is 0.319 e. The number of sulfone groups is 1. The lowest BCUT2D eigenvalue weighted by Crippen LogP contribution is -2.30. The lowest BCUT2D eigenvalue weighted by molar-refractivity contribution is 0.252. The van der Waals surface area contributed by atoms with Crippen molar-refractivity contribution in [2.45, 2.75) is 25.5 Å². The molecule has 1 aromatic carbocycles. The number of rotatable bonds is 6. The molecule has 112 valence electrons. The zero-order valence-electron chi connectivity index (χ0n) is 11.6. The van der Waals surface area contributed by atoms with Crippen LogP contribution in [0.15, 0.2) is 18.2 Å². The molecule has 7 heteroatoms. The fraction of sp³-hybridized carbons (Fsp3) is 0.462. The van der Waals surface area contributed by atoms with E-state index in [0.29, 0.717) is 22.8 Å². The molecule has 0 aromatic heterocycles. The fourth-order valence-corrected chi connectivity index (χ4v) is 2.61. The number of hydrogen-bond acceptors (Lipinski definition) is 3. The SMILES string of the molecule is CCCCNC(=O)Nc1cc(Cl)ccc1CS(C)(=O)=O. The second-order valence-corrected chi connectivity index (χ2v) is 7.18. The van der Waals surface area contributed by atoms with E-state index in [1.807, 2.05) is 6.92 Å². The van der Waals surface area contributed by atoms with Crippen LogP contribution in [0.1, 0.15) is 25.3 Å². The average molecular weight is 319 g/mol. The molecule has 2 N–H and O–H groups in total. The van der Waals surface area contributed by atoms with Gasteiger partial charge < -0.3 is 10.6 Å². The van der Waals surface area contributed by atoms with Crippen LogP contribution in [-0.4, -0.2) is 27.2 Å². The maximum atomic E-state index is 11.7. The second kappa shape index (κ2) is 7.50. The minimum Gasteiger partial charge on any atom is -0.338 e. The molecule has 0 atom stereocenters. The maximum absolute atomic E-state index is 11.7. The summed E-state index contributed by atoms with van der Waals surface area (Å²) in [5, 5.41) is 5.77. The quantitative estimate of drug-likeness (QED) is 0.792. The van der Waals surface area contributed by atoms with E-state index >= 15 is 0 Å². The third-order valence-electron chi connectivity index (χ3n) is 2.55. The van der Waals surface area contributed by atoms with E-state index in [1.165, 1.54) is 0 Å². The molecule has 0 radical (unpaired) electrons. The van der Waals surface area contributed by atoms with Crippen LogP contribution in [0.2, 0.25) is 5.02 Å². The molecule has 0 aliphatic heterocycles. The number of amides is 2. The number of halogens is 1. The zero-order valence-corrected chi connectivity index (χ0v) is 13.1. The summed E-state index contributed by atoms with van der Waals surface area (Å²) in [7, 11) is -3.18. The Bertz CT molecular complexity index is 573. The first kappa shape index (κ1) is 16.8. The average Bonchev–Trinajstić information content (AvgIpc) is 2.31. The van der Waals surface area contributed by atoms with Gasteiger partial charge in [-0.25, -0.2) is 13.2 Å². The summed E-state index contributed by atoms with van der Waals surface area (Å²) in [4.78, 5) is 11.7. The molecule has 20 heavy (non-hydrogen) atoms. The van der Waals surface area contributed by atoms with Crippen molar-refractivity contribution in [3.8, 4) is 0 Å². The summed E-state index contributed by atoms with van der Waals surface area (Å²) in [6.07, 6.45) is 3.02. The Morgan fingerprint density at radius 3 is 2.65 bits per heavy atom. The van der Waals surface area contributed by atoms with E-state index in [9.17, 15) is 13.2 Å². The van der Waals surface area contributed by atoms with E-state index in [4.69, 9.17) is 11.6 Å². The highest BCUT2D eigenvalue weighted by Crippen LogP contribution is 2.22. The topological polar surface area (TPSA) is 75.3 Å². The van der Waals surface area contributed by atoms with E-state index in [0.717, 1.165) is 19.1 Å². The number of carbonyl (C=O) groups is 1. The van der Waals surface area contributed by atoms with Crippen molar-refractivity contribution < 1.29 is 13.2 Å². The predicted molar refractivity (Wildman–Crippen MR) is 81.9 cm³/mol. The van der Waals surface area contributed by atoms with Gasteiger partial charge >= 0.3 is 6.03 Å². The Morgan fingerprint density at radius 1 is 1.35 bits per heavy atom. The van der Waals surface area contributed by atoms with Gasteiger partial charge in [0, 0.05) is 23.5 Å². The van der Waals surface area contributed by atoms with Gasteiger partial charge in [-0.1, -0.05) is 31.0 Å². The van der Waals surface area contributed by atoms with Gasteiger partial charge in [0.25, 0.3) is 0 Å². The lowest BCUT2D eigenvalue weighted by Gasteiger charge is -2.12. The molecule has 1 aromatic rings. The normalized spacial score (nSPS) is 11.2. The third kappa shape index (κ3) is 6.25. The van der Waals surface area contributed by atoms with Crippen LogP contribution in [0.3, 0.4) is 0 Å². The molecule has 0 unspecified atom stereocenters. The lowest BCUT2D eigenvalue weighted by atomic mass is 10.2. The van der Waals surface area contributed by atoms with E-state index in [-0.39, 0.29) is 11.8 Å². The van der Waals surface area contributed by atoms with E-state index < -0.39 is 9.84 Å². The largest absolute Gasteiger partial charge is 0.338 e. The van der Waals surface area contributed by atoms with Gasteiger partial charge in [0.1, 0.15) is 0 Å². The highest BCUT2D eigenvalue weighted by Gasteiger charge is 2.12. The van der Waals surface area contributed by atoms with Gasteiger partial charge in [-0.15, -0.1) is 0 Å². The monoisotopic (exact) mass is 318 g/mol. The molecule has 2 amide bonds. The Morgan fingerprint density at radius 2 is 2.05 bits per heavy atom. The van der Waals surface area contributed by atoms with Crippen LogP contribution in [0.4, 0.5) is 10.5 Å². The Labute approximate surface area is 124 Å². The number of anilines is 1. The van der Waals surface area contributed by atoms with Gasteiger partial charge in [0.15, 0.2) is 9.84 Å². The first-order valence-electron chi connectivity index (χ1n) is 6.33. The van der Waals surface area contributed by atoms with Crippen molar-refractivity contribution in [2.24, 2.45) is 0 Å². The minimum atomic E-state index is -3.18. The Kier molecular flexibility index (Phi) is 6.29. The summed E-state index contributed by atoms with van der Waals surface area (Å²) in [6.45, 7) is 2.60. The van der Waals surface area contributed by atoms with Crippen LogP contribution in [0, 0.1) is 0 Å². The Hall–Kier alpha value is -1.27. The van der Waals surface area contributed by atoms with Crippen molar-refractivity contribution in [3.63, 3.8) is 0 Å². The standard InChI is InChI=1S/C13H19ClN2O3S/c1-3-4-7-15-13(17)16-12-8-11(14)6-5-10(12)9-20(2,18)19/h5-6,8H,3-4,7,9H2,1-2H3,(H2,15,16,17). The predicted octanol–water partition coefficient (Wildman–Crippen LogP) is 2.81. The number of hydrogen-bond donors (Lipinski definition) is 2. The number of unbranched alkanes of at least 4 members (excludes halogenated alkanes) is 1. The van der Waals surface area contributed by atoms with Gasteiger partial charge in [-0.2, -0.15) is 0 Å². The number of nitrogens with one attached hydrogen (secondary N) is 2. The van der Waals surface area contributed by atoms with Gasteiger partial charge in [-0.05, 0) is 24.1 Å². The summed E-state index contributed by atoms with van der Waals surface area (Å²) < 4.78 is 22.7. The molecule has 0 aliphatic rings. The summed E-state index contributed by atoms with van der Waals surface area (Å²) in [6, 6.07) is 4.38. The second-order valence-electron chi connectivity index (χ2n) is 4.61.